The quantitative estimate of drug-likeness (QED) is 0.584. The van der Waals surface area contributed by atoms with E-state index in [4.69, 9.17) is 5.11 Å². The van der Waals surface area contributed by atoms with E-state index in [1.54, 1.807) is 0 Å². The highest BCUT2D eigenvalue weighted by Crippen LogP contribution is 2.07. The SMILES string of the molecule is CC(CCO)CN1C(=O)CNC1=O. The van der Waals surface area contributed by atoms with E-state index >= 15 is 0 Å². The van der Waals surface area contributed by atoms with Gasteiger partial charge in [0.25, 0.3) is 0 Å². The summed E-state index contributed by atoms with van der Waals surface area (Å²) in [5.74, 6) is -0.0346. The van der Waals surface area contributed by atoms with E-state index in [9.17, 15) is 9.59 Å². The molecule has 74 valence electrons. The van der Waals surface area contributed by atoms with Crippen LogP contribution in [-0.4, -0.2) is 41.6 Å². The molecule has 1 unspecified atom stereocenters. The summed E-state index contributed by atoms with van der Waals surface area (Å²) in [5.41, 5.74) is 0. The van der Waals surface area contributed by atoms with Crippen LogP contribution in [0.25, 0.3) is 0 Å². The second-order valence-electron chi connectivity index (χ2n) is 3.28. The minimum atomic E-state index is -0.324. The van der Waals surface area contributed by atoms with Crippen molar-refractivity contribution in [3.8, 4) is 0 Å². The Morgan fingerprint density at radius 1 is 1.62 bits per heavy atom. The molecule has 0 aromatic rings. The normalized spacial score (nSPS) is 19.1. The minimum Gasteiger partial charge on any atom is -0.396 e. The summed E-state index contributed by atoms with van der Waals surface area (Å²) in [4.78, 5) is 23.4. The van der Waals surface area contributed by atoms with Crippen LogP contribution >= 0.6 is 0 Å². The standard InChI is InChI=1S/C8H14N2O3/c1-6(2-3-11)5-10-7(12)4-9-8(10)13/h6,11H,2-5H2,1H3,(H,9,13). The zero-order chi connectivity index (χ0) is 9.84. The van der Waals surface area contributed by atoms with Gasteiger partial charge in [0.2, 0.25) is 5.91 Å². The summed E-state index contributed by atoms with van der Waals surface area (Å²) in [5, 5.41) is 11.1. The van der Waals surface area contributed by atoms with Gasteiger partial charge in [-0.2, -0.15) is 0 Å². The topological polar surface area (TPSA) is 69.6 Å². The van der Waals surface area contributed by atoms with Crippen molar-refractivity contribution in [3.63, 3.8) is 0 Å². The maximum Gasteiger partial charge on any atom is 0.324 e. The lowest BCUT2D eigenvalue weighted by Crippen LogP contribution is -2.35. The molecule has 1 fully saturated rings. The predicted octanol–water partition coefficient (Wildman–Crippen LogP) is -0.443. The van der Waals surface area contributed by atoms with Gasteiger partial charge in [-0.3, -0.25) is 9.69 Å². The molecule has 0 saturated carbocycles. The van der Waals surface area contributed by atoms with Crippen LogP contribution < -0.4 is 5.32 Å². The molecule has 1 aliphatic rings. The van der Waals surface area contributed by atoms with Gasteiger partial charge in [0.15, 0.2) is 0 Å². The number of hydrogen-bond donors (Lipinski definition) is 2. The maximum absolute atomic E-state index is 11.1. The van der Waals surface area contributed by atoms with Gasteiger partial charge in [-0.15, -0.1) is 0 Å². The molecular weight excluding hydrogens is 172 g/mol. The fourth-order valence-electron chi connectivity index (χ4n) is 1.26. The first-order valence-electron chi connectivity index (χ1n) is 4.34. The van der Waals surface area contributed by atoms with Crippen LogP contribution in [0.4, 0.5) is 4.79 Å². The Hall–Kier alpha value is -1.10. The summed E-state index contributed by atoms with van der Waals surface area (Å²) in [6.07, 6.45) is 0.608. The first-order chi connectivity index (χ1) is 6.15. The molecule has 0 aromatic carbocycles. The molecule has 0 aromatic heterocycles. The van der Waals surface area contributed by atoms with Gasteiger partial charge < -0.3 is 10.4 Å². The molecule has 1 rings (SSSR count). The van der Waals surface area contributed by atoms with Crippen LogP contribution in [0.5, 0.6) is 0 Å². The molecule has 3 amide bonds. The number of imide groups is 1. The summed E-state index contributed by atoms with van der Waals surface area (Å²) < 4.78 is 0. The number of aliphatic hydroxyl groups excluding tert-OH is 1. The average Bonchev–Trinajstić information content (AvgIpc) is 2.36. The van der Waals surface area contributed by atoms with E-state index in [1.807, 2.05) is 6.92 Å². The van der Waals surface area contributed by atoms with E-state index in [0.29, 0.717) is 13.0 Å². The lowest BCUT2D eigenvalue weighted by molar-refractivity contribution is -0.125. The monoisotopic (exact) mass is 186 g/mol. The van der Waals surface area contributed by atoms with Crippen molar-refractivity contribution >= 4 is 11.9 Å². The molecule has 5 nitrogen and oxygen atoms in total. The van der Waals surface area contributed by atoms with Gasteiger partial charge >= 0.3 is 6.03 Å². The van der Waals surface area contributed by atoms with Gasteiger partial charge in [0, 0.05) is 13.2 Å². The van der Waals surface area contributed by atoms with Gasteiger partial charge in [-0.25, -0.2) is 4.79 Å². The van der Waals surface area contributed by atoms with Crippen LogP contribution in [0.1, 0.15) is 13.3 Å². The maximum atomic E-state index is 11.1. The van der Waals surface area contributed by atoms with E-state index in [0.717, 1.165) is 0 Å². The summed E-state index contributed by atoms with van der Waals surface area (Å²) >= 11 is 0. The minimum absolute atomic E-state index is 0.0881. The lowest BCUT2D eigenvalue weighted by atomic mass is 10.1. The molecule has 1 atom stereocenters. The summed E-state index contributed by atoms with van der Waals surface area (Å²) in [6.45, 7) is 2.48. The average molecular weight is 186 g/mol. The Balaban J connectivity index is 2.43. The number of carbonyl (C=O) groups excluding carboxylic acids is 2. The molecule has 0 spiro atoms. The van der Waals surface area contributed by atoms with Gasteiger partial charge in [0.05, 0.1) is 6.54 Å². The first kappa shape index (κ1) is 9.98. The second kappa shape index (κ2) is 4.23. The lowest BCUT2D eigenvalue weighted by Gasteiger charge is -2.16. The Kier molecular flexibility index (Phi) is 3.25. The number of rotatable bonds is 4. The van der Waals surface area contributed by atoms with Crippen LogP contribution in [0.15, 0.2) is 0 Å². The third-order valence-electron chi connectivity index (χ3n) is 2.05. The summed E-state index contributed by atoms with van der Waals surface area (Å²) in [7, 11) is 0. The highest BCUT2D eigenvalue weighted by atomic mass is 16.3. The van der Waals surface area contributed by atoms with Gasteiger partial charge in [-0.1, -0.05) is 6.92 Å². The van der Waals surface area contributed by atoms with E-state index < -0.39 is 0 Å². The summed E-state index contributed by atoms with van der Waals surface area (Å²) in [6, 6.07) is -0.324. The number of carbonyl (C=O) groups is 2. The fourth-order valence-corrected chi connectivity index (χ4v) is 1.26. The van der Waals surface area contributed by atoms with Crippen LogP contribution in [0, 0.1) is 5.92 Å². The van der Waals surface area contributed by atoms with Crippen molar-refractivity contribution < 1.29 is 14.7 Å². The van der Waals surface area contributed by atoms with Crippen LogP contribution in [0.3, 0.4) is 0 Å². The van der Waals surface area contributed by atoms with Gasteiger partial charge in [-0.05, 0) is 12.3 Å². The van der Waals surface area contributed by atoms with E-state index in [-0.39, 0.29) is 31.0 Å². The molecule has 5 heteroatoms. The Bertz CT molecular complexity index is 201. The molecule has 2 N–H and O–H groups in total. The third kappa shape index (κ3) is 2.42. The molecule has 0 radical (unpaired) electrons. The highest BCUT2D eigenvalue weighted by Gasteiger charge is 2.29. The molecule has 0 aliphatic carbocycles. The molecule has 0 bridgehead atoms. The smallest absolute Gasteiger partial charge is 0.324 e. The van der Waals surface area contributed by atoms with Crippen LogP contribution in [-0.2, 0) is 4.79 Å². The van der Waals surface area contributed by atoms with Crippen molar-refractivity contribution in [3.05, 3.63) is 0 Å². The Morgan fingerprint density at radius 3 is 2.77 bits per heavy atom. The molecule has 1 saturated heterocycles. The highest BCUT2D eigenvalue weighted by molar-refractivity contribution is 6.01. The number of nitrogens with zero attached hydrogens (tertiary/aromatic N) is 1. The molecule has 1 aliphatic heterocycles. The number of urea groups is 1. The number of amides is 3. The zero-order valence-electron chi connectivity index (χ0n) is 7.62. The molecular formula is C8H14N2O3. The predicted molar refractivity (Wildman–Crippen MR) is 46.0 cm³/mol. The van der Waals surface area contributed by atoms with Crippen molar-refractivity contribution in [1.29, 1.82) is 0 Å². The molecule has 1 heterocycles. The number of nitrogens with one attached hydrogen (secondary N) is 1. The zero-order valence-corrected chi connectivity index (χ0v) is 7.62. The number of hydrogen-bond acceptors (Lipinski definition) is 3. The van der Waals surface area contributed by atoms with E-state index in [1.165, 1.54) is 4.90 Å². The van der Waals surface area contributed by atoms with Crippen molar-refractivity contribution in [2.75, 3.05) is 19.7 Å². The Labute approximate surface area is 76.7 Å². The van der Waals surface area contributed by atoms with Crippen molar-refractivity contribution in [2.45, 2.75) is 13.3 Å². The van der Waals surface area contributed by atoms with Gasteiger partial charge in [0.1, 0.15) is 0 Å². The largest absolute Gasteiger partial charge is 0.396 e. The number of aliphatic hydroxyl groups is 1. The van der Waals surface area contributed by atoms with Crippen LogP contribution in [0.2, 0.25) is 0 Å². The van der Waals surface area contributed by atoms with Crippen molar-refractivity contribution in [1.82, 2.24) is 10.2 Å². The third-order valence-corrected chi connectivity index (χ3v) is 2.05. The van der Waals surface area contributed by atoms with E-state index in [2.05, 4.69) is 5.32 Å². The second-order valence-corrected chi connectivity index (χ2v) is 3.28. The van der Waals surface area contributed by atoms with Crippen molar-refractivity contribution in [2.24, 2.45) is 5.92 Å². The fraction of sp³-hybridized carbons (Fsp3) is 0.750. The molecule has 13 heavy (non-hydrogen) atoms. The first-order valence-corrected chi connectivity index (χ1v) is 4.34. The Morgan fingerprint density at radius 2 is 2.31 bits per heavy atom.